The van der Waals surface area contributed by atoms with Crippen molar-refractivity contribution in [3.05, 3.63) is 40.8 Å². The molecule has 1 heterocycles. The molecule has 7 nitrogen and oxygen atoms in total. The highest BCUT2D eigenvalue weighted by Gasteiger charge is 2.25. The van der Waals surface area contributed by atoms with Gasteiger partial charge in [-0.15, -0.1) is 0 Å². The van der Waals surface area contributed by atoms with Gasteiger partial charge in [-0.25, -0.2) is 9.18 Å². The van der Waals surface area contributed by atoms with E-state index in [1.54, 1.807) is 0 Å². The van der Waals surface area contributed by atoms with Crippen LogP contribution in [0.25, 0.3) is 0 Å². The summed E-state index contributed by atoms with van der Waals surface area (Å²) < 4.78 is 39.0. The van der Waals surface area contributed by atoms with Gasteiger partial charge in [0, 0.05) is 0 Å². The van der Waals surface area contributed by atoms with Crippen molar-refractivity contribution >= 4 is 33.3 Å². The molecular formula is C10H7ClFN3O4S. The van der Waals surface area contributed by atoms with Crippen molar-refractivity contribution in [2.45, 2.75) is 5.03 Å². The van der Waals surface area contributed by atoms with Crippen LogP contribution in [0.3, 0.4) is 0 Å². The van der Waals surface area contributed by atoms with E-state index >= 15 is 0 Å². The van der Waals surface area contributed by atoms with E-state index in [9.17, 15) is 17.6 Å². The minimum absolute atomic E-state index is 0.0117. The van der Waals surface area contributed by atoms with Gasteiger partial charge in [0.1, 0.15) is 11.4 Å². The summed E-state index contributed by atoms with van der Waals surface area (Å²) in [5.41, 5.74) is -0.520. The van der Waals surface area contributed by atoms with E-state index in [2.05, 4.69) is 14.9 Å². The van der Waals surface area contributed by atoms with E-state index in [4.69, 9.17) is 16.7 Å². The number of nitrogens with one attached hydrogen (secondary N) is 2. The molecule has 0 amide bonds. The van der Waals surface area contributed by atoms with Crippen molar-refractivity contribution in [3.63, 3.8) is 0 Å². The molecule has 0 bridgehead atoms. The number of carboxylic acids is 1. The standard InChI is InChI=1S/C10H7ClFN3O4S/c11-7-3-5(1-2-8(7)12)15-20(18,19)9-6(10(16)17)4-13-14-9/h1-4,15H,(H,13,14)(H,16,17). The van der Waals surface area contributed by atoms with Gasteiger partial charge in [-0.05, 0) is 18.2 Å². The summed E-state index contributed by atoms with van der Waals surface area (Å²) >= 11 is 5.53. The Morgan fingerprint density at radius 1 is 1.45 bits per heavy atom. The summed E-state index contributed by atoms with van der Waals surface area (Å²) in [6, 6.07) is 3.19. The summed E-state index contributed by atoms with van der Waals surface area (Å²) in [7, 11) is -4.21. The van der Waals surface area contributed by atoms with Gasteiger partial charge in [0.25, 0.3) is 10.0 Å². The van der Waals surface area contributed by atoms with Crippen LogP contribution in [0.4, 0.5) is 10.1 Å². The topological polar surface area (TPSA) is 112 Å². The lowest BCUT2D eigenvalue weighted by molar-refractivity contribution is 0.0692. The highest BCUT2D eigenvalue weighted by molar-refractivity contribution is 7.92. The first-order valence-corrected chi connectivity index (χ1v) is 6.92. The quantitative estimate of drug-likeness (QED) is 0.794. The zero-order chi connectivity index (χ0) is 14.9. The summed E-state index contributed by atoms with van der Waals surface area (Å²) in [5.74, 6) is -2.15. The normalized spacial score (nSPS) is 11.3. The molecule has 10 heteroatoms. The number of hydrogen-bond donors (Lipinski definition) is 3. The summed E-state index contributed by atoms with van der Waals surface area (Å²) in [6.45, 7) is 0. The van der Waals surface area contributed by atoms with Crippen LogP contribution in [0.5, 0.6) is 0 Å². The van der Waals surface area contributed by atoms with Crippen LogP contribution in [0, 0.1) is 5.82 Å². The molecule has 0 aliphatic heterocycles. The van der Waals surface area contributed by atoms with Crippen molar-refractivity contribution in [2.24, 2.45) is 0 Å². The zero-order valence-corrected chi connectivity index (χ0v) is 11.2. The van der Waals surface area contributed by atoms with E-state index in [1.165, 1.54) is 0 Å². The minimum Gasteiger partial charge on any atom is -0.478 e. The van der Waals surface area contributed by atoms with Gasteiger partial charge in [0.2, 0.25) is 0 Å². The first kappa shape index (κ1) is 14.3. The molecule has 20 heavy (non-hydrogen) atoms. The van der Waals surface area contributed by atoms with E-state index in [0.29, 0.717) is 0 Å². The Morgan fingerprint density at radius 2 is 2.15 bits per heavy atom. The maximum atomic E-state index is 13.0. The second kappa shape index (κ2) is 5.10. The van der Waals surface area contributed by atoms with Gasteiger partial charge in [-0.2, -0.15) is 13.5 Å². The SMILES string of the molecule is O=C(O)c1cn[nH]c1S(=O)(=O)Nc1ccc(F)c(Cl)c1. The fourth-order valence-corrected chi connectivity index (χ4v) is 2.72. The third-order valence-electron chi connectivity index (χ3n) is 2.28. The lowest BCUT2D eigenvalue weighted by Crippen LogP contribution is -2.16. The van der Waals surface area contributed by atoms with Gasteiger partial charge in [-0.1, -0.05) is 11.6 Å². The van der Waals surface area contributed by atoms with Gasteiger partial charge < -0.3 is 5.11 Å². The maximum Gasteiger partial charge on any atom is 0.340 e. The number of aromatic carboxylic acids is 1. The van der Waals surface area contributed by atoms with Crippen LogP contribution < -0.4 is 4.72 Å². The van der Waals surface area contributed by atoms with E-state index in [-0.39, 0.29) is 10.7 Å². The first-order valence-electron chi connectivity index (χ1n) is 5.06. The average Bonchev–Trinajstić information content (AvgIpc) is 2.83. The number of sulfonamides is 1. The van der Waals surface area contributed by atoms with Crippen molar-refractivity contribution in [1.29, 1.82) is 0 Å². The number of anilines is 1. The molecule has 106 valence electrons. The molecule has 0 atom stereocenters. The van der Waals surface area contributed by atoms with Gasteiger partial charge >= 0.3 is 5.97 Å². The van der Waals surface area contributed by atoms with Crippen molar-refractivity contribution in [1.82, 2.24) is 10.2 Å². The maximum absolute atomic E-state index is 13.0. The fraction of sp³-hybridized carbons (Fsp3) is 0. The first-order chi connectivity index (χ1) is 9.31. The third kappa shape index (κ3) is 2.73. The molecule has 2 aromatic rings. The Bertz CT molecular complexity index is 775. The van der Waals surface area contributed by atoms with Crippen LogP contribution in [-0.2, 0) is 10.0 Å². The van der Waals surface area contributed by atoms with E-state index < -0.39 is 32.4 Å². The van der Waals surface area contributed by atoms with E-state index in [0.717, 1.165) is 24.4 Å². The number of halogens is 2. The Hall–Kier alpha value is -2.13. The summed E-state index contributed by atoms with van der Waals surface area (Å²) in [6.07, 6.45) is 0.870. The number of benzene rings is 1. The van der Waals surface area contributed by atoms with Gasteiger partial charge in [0.15, 0.2) is 5.03 Å². The molecule has 0 unspecified atom stereocenters. The molecule has 0 saturated heterocycles. The number of carbonyl (C=O) groups is 1. The molecule has 0 spiro atoms. The van der Waals surface area contributed by atoms with Crippen LogP contribution >= 0.6 is 11.6 Å². The molecule has 3 N–H and O–H groups in total. The molecule has 0 aliphatic carbocycles. The largest absolute Gasteiger partial charge is 0.478 e. The number of hydrogen-bond acceptors (Lipinski definition) is 4. The smallest absolute Gasteiger partial charge is 0.340 e. The number of carboxylic acid groups (broad SMARTS) is 1. The highest BCUT2D eigenvalue weighted by atomic mass is 35.5. The molecule has 2 rings (SSSR count). The van der Waals surface area contributed by atoms with Crippen molar-refractivity contribution < 1.29 is 22.7 Å². The Morgan fingerprint density at radius 3 is 2.75 bits per heavy atom. The number of aromatic nitrogens is 2. The predicted octanol–water partition coefficient (Wildman–Crippen LogP) is 1.70. The minimum atomic E-state index is -4.21. The lowest BCUT2D eigenvalue weighted by atomic mass is 10.3. The van der Waals surface area contributed by atoms with Gasteiger partial charge in [0.05, 0.1) is 16.9 Å². The van der Waals surface area contributed by atoms with Crippen LogP contribution in [0.15, 0.2) is 29.4 Å². The molecule has 0 saturated carbocycles. The zero-order valence-electron chi connectivity index (χ0n) is 9.59. The number of aromatic amines is 1. The second-order valence-corrected chi connectivity index (χ2v) is 5.68. The second-order valence-electron chi connectivity index (χ2n) is 3.65. The third-order valence-corrected chi connectivity index (χ3v) is 3.92. The fourth-order valence-electron chi connectivity index (χ4n) is 1.40. The van der Waals surface area contributed by atoms with Gasteiger partial charge in [-0.3, -0.25) is 9.82 Å². The summed E-state index contributed by atoms with van der Waals surface area (Å²) in [5, 5.41) is 13.4. The Balaban J connectivity index is 2.38. The number of nitrogens with zero attached hydrogens (tertiary/aromatic N) is 1. The molecule has 0 radical (unpaired) electrons. The molecule has 1 aromatic carbocycles. The molecule has 0 aliphatic rings. The van der Waals surface area contributed by atoms with Crippen LogP contribution in [0.2, 0.25) is 5.02 Å². The lowest BCUT2D eigenvalue weighted by Gasteiger charge is -2.07. The Kier molecular flexibility index (Phi) is 3.64. The number of H-pyrrole nitrogens is 1. The highest BCUT2D eigenvalue weighted by Crippen LogP contribution is 2.22. The van der Waals surface area contributed by atoms with E-state index in [1.807, 2.05) is 0 Å². The number of rotatable bonds is 4. The molecular weight excluding hydrogens is 313 g/mol. The van der Waals surface area contributed by atoms with Crippen molar-refractivity contribution in [2.75, 3.05) is 4.72 Å². The van der Waals surface area contributed by atoms with Crippen molar-refractivity contribution in [3.8, 4) is 0 Å². The average molecular weight is 320 g/mol. The van der Waals surface area contributed by atoms with Crippen LogP contribution in [0.1, 0.15) is 10.4 Å². The molecule has 1 aromatic heterocycles. The van der Waals surface area contributed by atoms with Crippen LogP contribution in [-0.4, -0.2) is 29.7 Å². The Labute approximate surface area is 117 Å². The monoisotopic (exact) mass is 319 g/mol. The molecule has 0 fully saturated rings. The predicted molar refractivity (Wildman–Crippen MR) is 67.8 cm³/mol. The summed E-state index contributed by atoms with van der Waals surface area (Å²) in [4.78, 5) is 10.9.